The van der Waals surface area contributed by atoms with E-state index < -0.39 is 21.7 Å². The van der Waals surface area contributed by atoms with Gasteiger partial charge in [0.05, 0.1) is 11.9 Å². The van der Waals surface area contributed by atoms with E-state index in [1.807, 2.05) is 0 Å². The minimum Gasteiger partial charge on any atom is -0.352 e. The van der Waals surface area contributed by atoms with Gasteiger partial charge in [-0.25, -0.2) is 17.2 Å². The molecule has 0 saturated heterocycles. The highest BCUT2D eigenvalue weighted by molar-refractivity contribution is 7.99. The molecule has 9 heteroatoms. The van der Waals surface area contributed by atoms with E-state index in [1.165, 1.54) is 24.3 Å². The average molecular weight is 386 g/mol. The number of carbonyl (C=O) groups excluding carboxylic acids is 1. The summed E-state index contributed by atoms with van der Waals surface area (Å²) in [7, 11) is -3.57. The number of nitrogens with one attached hydrogen (secondary N) is 2. The van der Waals surface area contributed by atoms with E-state index in [2.05, 4.69) is 10.0 Å². The van der Waals surface area contributed by atoms with Crippen molar-refractivity contribution < 1.29 is 22.0 Å². The largest absolute Gasteiger partial charge is 0.352 e. The summed E-state index contributed by atoms with van der Waals surface area (Å²) in [6.45, 7) is 2.19. The van der Waals surface area contributed by atoms with E-state index in [9.17, 15) is 22.0 Å². The molecule has 0 atom stereocenters. The minimum absolute atomic E-state index is 0.103. The van der Waals surface area contributed by atoms with Crippen LogP contribution in [0.15, 0.2) is 46.2 Å². The van der Waals surface area contributed by atoms with Crippen molar-refractivity contribution in [1.82, 2.24) is 5.32 Å². The van der Waals surface area contributed by atoms with Crippen LogP contribution in [-0.2, 0) is 10.0 Å². The van der Waals surface area contributed by atoms with Gasteiger partial charge in [-0.3, -0.25) is 9.52 Å². The topological polar surface area (TPSA) is 75.3 Å². The molecule has 134 valence electrons. The van der Waals surface area contributed by atoms with Crippen molar-refractivity contribution in [3.63, 3.8) is 0 Å². The van der Waals surface area contributed by atoms with Crippen molar-refractivity contribution >= 4 is 33.4 Å². The highest BCUT2D eigenvalue weighted by Gasteiger charge is 2.15. The van der Waals surface area contributed by atoms with Crippen molar-refractivity contribution in [3.8, 4) is 0 Å². The molecule has 0 radical (unpaired) electrons. The standard InChI is InChI=1S/C16H16F2N2O3S2/c1-3-19-16(21)10-4-6-13(20-25(2,22)23)15(8-10)24-14-7-5-11(17)9-12(14)18/h4-9,20H,3H2,1-2H3,(H,19,21). The third-order valence-electron chi connectivity index (χ3n) is 2.99. The van der Waals surface area contributed by atoms with Crippen LogP contribution < -0.4 is 10.0 Å². The van der Waals surface area contributed by atoms with Crippen LogP contribution in [0.3, 0.4) is 0 Å². The van der Waals surface area contributed by atoms with Gasteiger partial charge < -0.3 is 5.32 Å². The first-order chi connectivity index (χ1) is 11.7. The summed E-state index contributed by atoms with van der Waals surface area (Å²) in [5.74, 6) is -1.83. The summed E-state index contributed by atoms with van der Waals surface area (Å²) in [6.07, 6.45) is 0.984. The van der Waals surface area contributed by atoms with Crippen molar-refractivity contribution in [1.29, 1.82) is 0 Å². The number of hydrogen-bond acceptors (Lipinski definition) is 4. The second kappa shape index (κ2) is 7.83. The maximum absolute atomic E-state index is 13.9. The second-order valence-corrected chi connectivity index (χ2v) is 7.95. The number of hydrogen-bond donors (Lipinski definition) is 2. The lowest BCUT2D eigenvalue weighted by molar-refractivity contribution is 0.0955. The predicted molar refractivity (Wildman–Crippen MR) is 93.4 cm³/mol. The van der Waals surface area contributed by atoms with Crippen molar-refractivity contribution in [2.75, 3.05) is 17.5 Å². The molecule has 0 aliphatic heterocycles. The molecule has 0 fully saturated rings. The predicted octanol–water partition coefficient (Wildman–Crippen LogP) is 3.24. The number of amides is 1. The van der Waals surface area contributed by atoms with Gasteiger partial charge in [0, 0.05) is 28.0 Å². The number of halogens is 2. The van der Waals surface area contributed by atoms with Gasteiger partial charge in [-0.1, -0.05) is 11.8 Å². The molecular formula is C16H16F2N2O3S2. The third kappa shape index (κ3) is 5.43. The Hall–Kier alpha value is -2.13. The fourth-order valence-corrected chi connectivity index (χ4v) is 3.56. The van der Waals surface area contributed by atoms with Crippen LogP contribution in [0, 0.1) is 11.6 Å². The molecule has 25 heavy (non-hydrogen) atoms. The lowest BCUT2D eigenvalue weighted by Gasteiger charge is -2.13. The molecule has 0 aliphatic carbocycles. The zero-order valence-corrected chi connectivity index (χ0v) is 15.1. The Morgan fingerprint density at radius 3 is 2.44 bits per heavy atom. The van der Waals surface area contributed by atoms with Gasteiger partial charge in [-0.2, -0.15) is 0 Å². The van der Waals surface area contributed by atoms with Crippen LogP contribution in [0.5, 0.6) is 0 Å². The molecule has 2 aromatic carbocycles. The van der Waals surface area contributed by atoms with Gasteiger partial charge in [-0.05, 0) is 37.3 Å². The maximum atomic E-state index is 13.9. The van der Waals surface area contributed by atoms with Gasteiger partial charge in [-0.15, -0.1) is 0 Å². The Morgan fingerprint density at radius 1 is 1.12 bits per heavy atom. The summed E-state index contributed by atoms with van der Waals surface area (Å²) in [5, 5.41) is 2.63. The molecule has 2 N–H and O–H groups in total. The SMILES string of the molecule is CCNC(=O)c1ccc(NS(C)(=O)=O)c(Sc2ccc(F)cc2F)c1. The Bertz CT molecular complexity index is 902. The molecule has 5 nitrogen and oxygen atoms in total. The maximum Gasteiger partial charge on any atom is 0.251 e. The highest BCUT2D eigenvalue weighted by Crippen LogP contribution is 2.36. The van der Waals surface area contributed by atoms with E-state index in [4.69, 9.17) is 0 Å². The average Bonchev–Trinajstić information content (AvgIpc) is 2.50. The number of benzene rings is 2. The lowest BCUT2D eigenvalue weighted by Crippen LogP contribution is -2.22. The zero-order chi connectivity index (χ0) is 18.6. The van der Waals surface area contributed by atoms with E-state index >= 15 is 0 Å². The van der Waals surface area contributed by atoms with Crippen LogP contribution >= 0.6 is 11.8 Å². The lowest BCUT2D eigenvalue weighted by atomic mass is 10.2. The number of rotatable bonds is 6. The summed E-state index contributed by atoms with van der Waals surface area (Å²) < 4.78 is 52.3. The molecular weight excluding hydrogens is 370 g/mol. The van der Waals surface area contributed by atoms with Crippen LogP contribution in [0.4, 0.5) is 14.5 Å². The molecule has 0 aliphatic rings. The van der Waals surface area contributed by atoms with Gasteiger partial charge in [0.1, 0.15) is 11.6 Å². The van der Waals surface area contributed by atoms with Crippen molar-refractivity contribution in [2.45, 2.75) is 16.7 Å². The quantitative estimate of drug-likeness (QED) is 0.799. The summed E-state index contributed by atoms with van der Waals surface area (Å²) in [6, 6.07) is 7.42. The number of sulfonamides is 1. The van der Waals surface area contributed by atoms with E-state index in [0.717, 1.165) is 30.2 Å². The van der Waals surface area contributed by atoms with E-state index in [0.29, 0.717) is 17.0 Å². The molecule has 0 saturated carbocycles. The van der Waals surface area contributed by atoms with Gasteiger partial charge >= 0.3 is 0 Å². The summed E-state index contributed by atoms with van der Waals surface area (Å²) in [5.41, 5.74) is 0.496. The fraction of sp³-hybridized carbons (Fsp3) is 0.188. The van der Waals surface area contributed by atoms with Crippen LogP contribution in [-0.4, -0.2) is 27.1 Å². The smallest absolute Gasteiger partial charge is 0.251 e. The molecule has 0 aromatic heterocycles. The molecule has 0 heterocycles. The third-order valence-corrected chi connectivity index (χ3v) is 4.69. The first-order valence-corrected chi connectivity index (χ1v) is 9.93. The van der Waals surface area contributed by atoms with Crippen LogP contribution in [0.2, 0.25) is 0 Å². The molecule has 0 unspecified atom stereocenters. The highest BCUT2D eigenvalue weighted by atomic mass is 32.2. The Morgan fingerprint density at radius 2 is 1.84 bits per heavy atom. The molecule has 0 bridgehead atoms. The van der Waals surface area contributed by atoms with Gasteiger partial charge in [0.25, 0.3) is 5.91 Å². The molecule has 2 rings (SSSR count). The van der Waals surface area contributed by atoms with E-state index in [1.54, 1.807) is 6.92 Å². The Labute approximate surface area is 148 Å². The zero-order valence-electron chi connectivity index (χ0n) is 13.5. The molecule has 0 spiro atoms. The van der Waals surface area contributed by atoms with Crippen LogP contribution in [0.25, 0.3) is 0 Å². The van der Waals surface area contributed by atoms with Gasteiger partial charge in [0.15, 0.2) is 0 Å². The first kappa shape index (κ1) is 19.2. The fourth-order valence-electron chi connectivity index (χ4n) is 1.97. The minimum atomic E-state index is -3.57. The number of carbonyl (C=O) groups is 1. The summed E-state index contributed by atoms with van der Waals surface area (Å²) in [4.78, 5) is 12.4. The normalized spacial score (nSPS) is 11.2. The van der Waals surface area contributed by atoms with Crippen molar-refractivity contribution in [2.24, 2.45) is 0 Å². The Balaban J connectivity index is 2.46. The molecule has 2 aromatic rings. The number of anilines is 1. The second-order valence-electron chi connectivity index (χ2n) is 5.12. The van der Waals surface area contributed by atoms with E-state index in [-0.39, 0.29) is 16.5 Å². The van der Waals surface area contributed by atoms with Gasteiger partial charge in [0.2, 0.25) is 10.0 Å². The molecule has 1 amide bonds. The first-order valence-electron chi connectivity index (χ1n) is 7.22. The summed E-state index contributed by atoms with van der Waals surface area (Å²) >= 11 is 0.891. The monoisotopic (exact) mass is 386 g/mol. The van der Waals surface area contributed by atoms with Crippen LogP contribution in [0.1, 0.15) is 17.3 Å². The van der Waals surface area contributed by atoms with Crippen molar-refractivity contribution in [3.05, 3.63) is 53.6 Å². The Kier molecular flexibility index (Phi) is 6.02.